The Morgan fingerprint density at radius 2 is 1.63 bits per heavy atom. The molecule has 2 aromatic heterocycles. The molecular formula is C30H35F2N3O3. The quantitative estimate of drug-likeness (QED) is 0.355. The van der Waals surface area contributed by atoms with Crippen molar-refractivity contribution in [1.82, 2.24) is 14.5 Å². The fourth-order valence-corrected chi connectivity index (χ4v) is 8.57. The first-order chi connectivity index (χ1) is 18.2. The van der Waals surface area contributed by atoms with Gasteiger partial charge in [-0.2, -0.15) is 0 Å². The molecule has 1 aromatic carbocycles. The molecule has 2 bridgehead atoms. The molecule has 3 saturated carbocycles. The van der Waals surface area contributed by atoms with Crippen LogP contribution in [0.25, 0.3) is 10.9 Å². The van der Waals surface area contributed by atoms with Gasteiger partial charge in [-0.3, -0.25) is 4.57 Å². The number of piperidine rings is 1. The highest BCUT2D eigenvalue weighted by Gasteiger charge is 2.72. The standard InChI is InChI=1S/C30H35F2N3O3/c31-30(32)12-24(30)29(38)11-17-10-22(29)26-25(17)27(36)35(28(26)37)15-19-9-18(19)14-34-7-5-16(6-8-34)21-13-33-23-4-2-1-3-20(21)23/h1-4,13,16-19,22,24,33,36-38H,5-12,14-15H2. The molecular weight excluding hydrogens is 488 g/mol. The largest absolute Gasteiger partial charge is 0.494 e. The maximum absolute atomic E-state index is 13.9. The van der Waals surface area contributed by atoms with Gasteiger partial charge in [0.25, 0.3) is 5.92 Å². The van der Waals surface area contributed by atoms with Gasteiger partial charge in [0.05, 0.1) is 11.5 Å². The van der Waals surface area contributed by atoms with E-state index in [-0.39, 0.29) is 30.5 Å². The number of hydrogen-bond acceptors (Lipinski definition) is 4. The molecule has 6 atom stereocenters. The van der Waals surface area contributed by atoms with E-state index in [9.17, 15) is 24.1 Å². The van der Waals surface area contributed by atoms with E-state index in [0.717, 1.165) is 38.9 Å². The minimum absolute atomic E-state index is 0.0164. The number of nitrogens with zero attached hydrogens (tertiary/aromatic N) is 2. The Labute approximate surface area is 220 Å². The summed E-state index contributed by atoms with van der Waals surface area (Å²) in [5.74, 6) is -2.95. The first-order valence-corrected chi connectivity index (χ1v) is 14.3. The van der Waals surface area contributed by atoms with Crippen molar-refractivity contribution in [2.24, 2.45) is 17.8 Å². The second-order valence-electron chi connectivity index (χ2n) is 12.9. The third kappa shape index (κ3) is 3.28. The maximum Gasteiger partial charge on any atom is 0.254 e. The van der Waals surface area contributed by atoms with Crippen LogP contribution in [0.1, 0.15) is 73.0 Å². The third-order valence-corrected chi connectivity index (χ3v) is 10.8. The van der Waals surface area contributed by atoms with E-state index in [2.05, 4.69) is 40.3 Å². The zero-order chi connectivity index (χ0) is 26.0. The summed E-state index contributed by atoms with van der Waals surface area (Å²) in [6.07, 6.45) is 6.05. The number of benzene rings is 1. The van der Waals surface area contributed by atoms with Crippen molar-refractivity contribution in [2.75, 3.05) is 19.6 Å². The molecule has 3 heterocycles. The van der Waals surface area contributed by atoms with E-state index in [0.29, 0.717) is 41.8 Å². The predicted octanol–water partition coefficient (Wildman–Crippen LogP) is 5.26. The first kappa shape index (κ1) is 23.3. The topological polar surface area (TPSA) is 84.7 Å². The van der Waals surface area contributed by atoms with Gasteiger partial charge in [0.15, 0.2) is 11.8 Å². The van der Waals surface area contributed by atoms with Crippen LogP contribution in [0.5, 0.6) is 11.8 Å². The average molecular weight is 524 g/mol. The van der Waals surface area contributed by atoms with Crippen molar-refractivity contribution in [1.29, 1.82) is 0 Å². The number of rotatable bonds is 6. The van der Waals surface area contributed by atoms with Crippen molar-refractivity contribution in [3.8, 4) is 11.8 Å². The number of aromatic amines is 1. The van der Waals surface area contributed by atoms with Gasteiger partial charge in [0.1, 0.15) is 0 Å². The summed E-state index contributed by atoms with van der Waals surface area (Å²) >= 11 is 0. The molecule has 0 amide bonds. The van der Waals surface area contributed by atoms with Crippen molar-refractivity contribution in [3.63, 3.8) is 0 Å². The second-order valence-corrected chi connectivity index (χ2v) is 12.9. The number of likely N-dealkylation sites (tertiary alicyclic amines) is 1. The van der Waals surface area contributed by atoms with Crippen LogP contribution in [0, 0.1) is 17.8 Å². The maximum atomic E-state index is 13.9. The number of aromatic hydroxyl groups is 2. The molecule has 202 valence electrons. The number of aliphatic hydroxyl groups is 1. The zero-order valence-corrected chi connectivity index (χ0v) is 21.4. The van der Waals surface area contributed by atoms with Crippen molar-refractivity contribution >= 4 is 10.9 Å². The van der Waals surface area contributed by atoms with Gasteiger partial charge in [-0.1, -0.05) is 18.2 Å². The molecule has 4 fully saturated rings. The number of fused-ring (bicyclic) bond motifs is 6. The lowest BCUT2D eigenvalue weighted by Gasteiger charge is -2.32. The van der Waals surface area contributed by atoms with Gasteiger partial charge in [-0.25, -0.2) is 8.78 Å². The van der Waals surface area contributed by atoms with E-state index < -0.39 is 23.4 Å². The molecule has 4 N–H and O–H groups in total. The summed E-state index contributed by atoms with van der Waals surface area (Å²) in [6.45, 7) is 3.74. The van der Waals surface area contributed by atoms with Gasteiger partial charge < -0.3 is 25.2 Å². The van der Waals surface area contributed by atoms with Gasteiger partial charge in [-0.15, -0.1) is 0 Å². The van der Waals surface area contributed by atoms with Gasteiger partial charge in [0.2, 0.25) is 0 Å². The number of hydrogen-bond donors (Lipinski definition) is 4. The molecule has 0 spiro atoms. The lowest BCUT2D eigenvalue weighted by Crippen LogP contribution is -2.38. The lowest BCUT2D eigenvalue weighted by atomic mass is 9.78. The Hall–Kier alpha value is -2.58. The van der Waals surface area contributed by atoms with Crippen LogP contribution in [0.15, 0.2) is 30.5 Å². The van der Waals surface area contributed by atoms with Crippen LogP contribution in [-0.2, 0) is 6.54 Å². The van der Waals surface area contributed by atoms with Crippen molar-refractivity contribution < 1.29 is 24.1 Å². The van der Waals surface area contributed by atoms with Crippen molar-refractivity contribution in [3.05, 3.63) is 47.2 Å². The molecule has 38 heavy (non-hydrogen) atoms. The SMILES string of the molecule is Oc1c2c(c(O)n1CC1CC1CN1CCC(c3c[nH]c4ccccc34)CC1)C1CC2CC1(O)C1CC1(F)F. The number of nitrogens with one attached hydrogen (secondary N) is 1. The molecule has 5 aliphatic rings. The van der Waals surface area contributed by atoms with Crippen LogP contribution in [0.2, 0.25) is 0 Å². The number of alkyl halides is 2. The summed E-state index contributed by atoms with van der Waals surface area (Å²) in [6, 6.07) is 8.51. The Kier molecular flexibility index (Phi) is 4.76. The predicted molar refractivity (Wildman–Crippen MR) is 139 cm³/mol. The molecule has 8 rings (SSSR count). The van der Waals surface area contributed by atoms with Crippen molar-refractivity contribution in [2.45, 2.75) is 74.3 Å². The number of halogens is 2. The molecule has 6 unspecified atom stereocenters. The van der Waals surface area contributed by atoms with E-state index in [1.54, 1.807) is 4.57 Å². The van der Waals surface area contributed by atoms with Gasteiger partial charge in [0, 0.05) is 53.7 Å². The zero-order valence-electron chi connectivity index (χ0n) is 21.4. The number of H-pyrrole nitrogens is 1. The second kappa shape index (κ2) is 7.75. The Bertz CT molecular complexity index is 1420. The van der Waals surface area contributed by atoms with Crippen LogP contribution in [0.4, 0.5) is 8.78 Å². The Balaban J connectivity index is 0.907. The monoisotopic (exact) mass is 523 g/mol. The first-order valence-electron chi connectivity index (χ1n) is 14.3. The molecule has 1 aliphatic heterocycles. The van der Waals surface area contributed by atoms with Gasteiger partial charge in [-0.05, 0) is 80.5 Å². The molecule has 4 aliphatic carbocycles. The fourth-order valence-electron chi connectivity index (χ4n) is 8.57. The highest BCUT2D eigenvalue weighted by Crippen LogP contribution is 2.71. The minimum atomic E-state index is -2.81. The summed E-state index contributed by atoms with van der Waals surface area (Å²) < 4.78 is 29.3. The molecule has 0 radical (unpaired) electrons. The highest BCUT2D eigenvalue weighted by molar-refractivity contribution is 5.83. The molecule has 8 heteroatoms. The smallest absolute Gasteiger partial charge is 0.254 e. The van der Waals surface area contributed by atoms with Crippen LogP contribution >= 0.6 is 0 Å². The Morgan fingerprint density at radius 1 is 0.921 bits per heavy atom. The van der Waals surface area contributed by atoms with E-state index >= 15 is 0 Å². The van der Waals surface area contributed by atoms with Crippen LogP contribution in [-0.4, -0.2) is 60.9 Å². The lowest BCUT2D eigenvalue weighted by molar-refractivity contribution is -0.0399. The van der Waals surface area contributed by atoms with E-state index in [1.165, 1.54) is 16.5 Å². The van der Waals surface area contributed by atoms with E-state index in [4.69, 9.17) is 0 Å². The third-order valence-electron chi connectivity index (χ3n) is 10.8. The number of para-hydroxylation sites is 1. The average Bonchev–Trinajstić information content (AvgIpc) is 3.51. The van der Waals surface area contributed by atoms with Gasteiger partial charge >= 0.3 is 0 Å². The minimum Gasteiger partial charge on any atom is -0.494 e. The normalized spacial score (nSPS) is 35.7. The Morgan fingerprint density at radius 3 is 2.39 bits per heavy atom. The van der Waals surface area contributed by atoms with E-state index in [1.807, 2.05) is 0 Å². The van der Waals surface area contributed by atoms with Crippen LogP contribution in [0.3, 0.4) is 0 Å². The molecule has 1 saturated heterocycles. The summed E-state index contributed by atoms with van der Waals surface area (Å²) in [5.41, 5.74) is 2.38. The highest BCUT2D eigenvalue weighted by atomic mass is 19.3. The summed E-state index contributed by atoms with van der Waals surface area (Å²) in [4.78, 5) is 5.97. The summed E-state index contributed by atoms with van der Waals surface area (Å²) in [5, 5.41) is 34.6. The summed E-state index contributed by atoms with van der Waals surface area (Å²) in [7, 11) is 0. The number of aromatic nitrogens is 2. The molecule has 3 aromatic rings. The fraction of sp³-hybridized carbons (Fsp3) is 0.600. The molecule has 6 nitrogen and oxygen atoms in total. The van der Waals surface area contributed by atoms with Crippen LogP contribution < -0.4 is 0 Å².